The molecule has 4 fully saturated rings. The maximum Gasteiger partial charge on any atom is 0.236 e. The highest BCUT2D eigenvalue weighted by molar-refractivity contribution is 5.85. The number of carbonyl (C=O) groups excluding carboxylic acids is 2. The normalized spacial score (nSPS) is 31.6. The standard InChI is InChI=1S/C27H39N3O3/c31-23-17-27(13-8-14-28(20-27)19-24(32)29-15-6-1-2-7-16-29)26(33)30(18-21-11-12-21)25(23)22-9-4-3-5-10-22/h3-5,9-10,21,23,25,31H,1-2,6-8,11-20H2/t23-,25+,27-/m1/s1. The molecule has 1 N–H and O–H groups in total. The number of hydrogen-bond donors (Lipinski definition) is 1. The number of aliphatic hydroxyl groups is 1. The first-order valence-corrected chi connectivity index (χ1v) is 13.1. The van der Waals surface area contributed by atoms with Crippen molar-refractivity contribution in [3.8, 4) is 0 Å². The van der Waals surface area contributed by atoms with E-state index in [2.05, 4.69) is 4.90 Å². The van der Waals surface area contributed by atoms with Gasteiger partial charge in [0, 0.05) is 26.2 Å². The van der Waals surface area contributed by atoms with Crippen molar-refractivity contribution in [2.24, 2.45) is 11.3 Å². The Bertz CT molecular complexity index is 834. The summed E-state index contributed by atoms with van der Waals surface area (Å²) in [6.07, 6.45) is 8.57. The average Bonchev–Trinajstić information content (AvgIpc) is 3.65. The number of aliphatic hydroxyl groups excluding tert-OH is 1. The molecule has 3 heterocycles. The summed E-state index contributed by atoms with van der Waals surface area (Å²) in [4.78, 5) is 33.3. The van der Waals surface area contributed by atoms with E-state index >= 15 is 0 Å². The van der Waals surface area contributed by atoms with Crippen molar-refractivity contribution < 1.29 is 14.7 Å². The van der Waals surface area contributed by atoms with Crippen LogP contribution in [0, 0.1) is 11.3 Å². The smallest absolute Gasteiger partial charge is 0.236 e. The van der Waals surface area contributed by atoms with Crippen LogP contribution in [0.3, 0.4) is 0 Å². The maximum absolute atomic E-state index is 14.1. The van der Waals surface area contributed by atoms with Gasteiger partial charge in [-0.15, -0.1) is 0 Å². The van der Waals surface area contributed by atoms with Crippen LogP contribution in [0.2, 0.25) is 0 Å². The van der Waals surface area contributed by atoms with Gasteiger partial charge in [-0.3, -0.25) is 14.5 Å². The summed E-state index contributed by atoms with van der Waals surface area (Å²) in [5, 5.41) is 11.4. The molecule has 1 aromatic rings. The monoisotopic (exact) mass is 453 g/mol. The van der Waals surface area contributed by atoms with Crippen LogP contribution < -0.4 is 0 Å². The Morgan fingerprint density at radius 1 is 1.00 bits per heavy atom. The lowest BCUT2D eigenvalue weighted by Gasteiger charge is -2.52. The molecule has 1 saturated carbocycles. The molecule has 3 atom stereocenters. The molecule has 1 aliphatic carbocycles. The number of rotatable bonds is 5. The van der Waals surface area contributed by atoms with Gasteiger partial charge in [0.2, 0.25) is 11.8 Å². The van der Waals surface area contributed by atoms with Gasteiger partial charge < -0.3 is 14.9 Å². The average molecular weight is 454 g/mol. The van der Waals surface area contributed by atoms with E-state index in [1.165, 1.54) is 25.7 Å². The SMILES string of the molecule is O=C(CN1CCC[C@@]2(C[C@@H](O)[C@H](c3ccccc3)N(CC3CC3)C2=O)C1)N1CCCCCC1. The molecule has 0 unspecified atom stereocenters. The van der Waals surface area contributed by atoms with Gasteiger partial charge >= 0.3 is 0 Å². The molecule has 1 spiro atoms. The van der Waals surface area contributed by atoms with E-state index in [0.29, 0.717) is 25.4 Å². The quantitative estimate of drug-likeness (QED) is 0.744. The van der Waals surface area contributed by atoms with Crippen molar-refractivity contribution in [2.75, 3.05) is 39.3 Å². The summed E-state index contributed by atoms with van der Waals surface area (Å²) in [5.74, 6) is 0.960. The summed E-state index contributed by atoms with van der Waals surface area (Å²) >= 11 is 0. The van der Waals surface area contributed by atoms with Crippen molar-refractivity contribution >= 4 is 11.8 Å². The molecule has 33 heavy (non-hydrogen) atoms. The van der Waals surface area contributed by atoms with Crippen molar-refractivity contribution in [2.45, 2.75) is 69.9 Å². The summed E-state index contributed by atoms with van der Waals surface area (Å²) in [5.41, 5.74) is 0.453. The molecule has 0 radical (unpaired) electrons. The zero-order valence-electron chi connectivity index (χ0n) is 19.8. The van der Waals surface area contributed by atoms with E-state index < -0.39 is 11.5 Å². The van der Waals surface area contributed by atoms with E-state index in [4.69, 9.17) is 0 Å². The van der Waals surface area contributed by atoms with Gasteiger partial charge in [-0.05, 0) is 63.0 Å². The van der Waals surface area contributed by atoms with Crippen molar-refractivity contribution in [3.05, 3.63) is 35.9 Å². The molecule has 180 valence electrons. The first kappa shape index (κ1) is 22.9. The van der Waals surface area contributed by atoms with Crippen LogP contribution in [0.25, 0.3) is 0 Å². The number of likely N-dealkylation sites (tertiary alicyclic amines) is 3. The molecule has 0 bridgehead atoms. The van der Waals surface area contributed by atoms with E-state index in [-0.39, 0.29) is 17.9 Å². The lowest BCUT2D eigenvalue weighted by atomic mass is 9.69. The number of piperidine rings is 2. The third-order valence-corrected chi connectivity index (χ3v) is 8.28. The van der Waals surface area contributed by atoms with Gasteiger partial charge in [0.1, 0.15) is 0 Å². The van der Waals surface area contributed by atoms with Gasteiger partial charge in [0.15, 0.2) is 0 Å². The van der Waals surface area contributed by atoms with Crippen LogP contribution in [-0.2, 0) is 9.59 Å². The Morgan fingerprint density at radius 2 is 1.73 bits per heavy atom. The summed E-state index contributed by atoms with van der Waals surface area (Å²) in [6, 6.07) is 9.76. The number of nitrogens with zero attached hydrogens (tertiary/aromatic N) is 3. The molecule has 1 aromatic carbocycles. The molecule has 3 aliphatic heterocycles. The second-order valence-corrected chi connectivity index (χ2v) is 10.9. The fourth-order valence-corrected chi connectivity index (χ4v) is 6.38. The minimum atomic E-state index is -0.579. The third kappa shape index (κ3) is 4.97. The first-order chi connectivity index (χ1) is 16.1. The molecule has 6 heteroatoms. The summed E-state index contributed by atoms with van der Waals surface area (Å²) < 4.78 is 0. The van der Waals surface area contributed by atoms with Crippen LogP contribution in [0.5, 0.6) is 0 Å². The fraction of sp³-hybridized carbons (Fsp3) is 0.704. The summed E-state index contributed by atoms with van der Waals surface area (Å²) in [6.45, 7) is 4.31. The molecule has 6 nitrogen and oxygen atoms in total. The van der Waals surface area contributed by atoms with Gasteiger partial charge in [0.05, 0.1) is 24.1 Å². The van der Waals surface area contributed by atoms with Crippen molar-refractivity contribution in [3.63, 3.8) is 0 Å². The van der Waals surface area contributed by atoms with Crippen LogP contribution in [0.1, 0.15) is 69.4 Å². The third-order valence-electron chi connectivity index (χ3n) is 8.28. The van der Waals surface area contributed by atoms with Crippen molar-refractivity contribution in [1.82, 2.24) is 14.7 Å². The Morgan fingerprint density at radius 3 is 2.42 bits per heavy atom. The predicted molar refractivity (Wildman–Crippen MR) is 127 cm³/mol. The Kier molecular flexibility index (Phi) is 6.75. The van der Waals surface area contributed by atoms with Crippen LogP contribution >= 0.6 is 0 Å². The minimum absolute atomic E-state index is 0.195. The topological polar surface area (TPSA) is 64.1 Å². The van der Waals surface area contributed by atoms with E-state index in [0.717, 1.165) is 57.4 Å². The lowest BCUT2D eigenvalue weighted by molar-refractivity contribution is -0.166. The zero-order valence-corrected chi connectivity index (χ0v) is 19.8. The number of amides is 2. The summed E-state index contributed by atoms with van der Waals surface area (Å²) in [7, 11) is 0. The minimum Gasteiger partial charge on any atom is -0.391 e. The second-order valence-electron chi connectivity index (χ2n) is 10.9. The lowest BCUT2D eigenvalue weighted by Crippen LogP contribution is -2.61. The Labute approximate surface area is 197 Å². The molecule has 2 amide bonds. The van der Waals surface area contributed by atoms with Crippen molar-refractivity contribution in [1.29, 1.82) is 0 Å². The molecule has 3 saturated heterocycles. The molecule has 0 aromatic heterocycles. The van der Waals surface area contributed by atoms with E-state index in [1.54, 1.807) is 0 Å². The largest absolute Gasteiger partial charge is 0.391 e. The molecular weight excluding hydrogens is 414 g/mol. The van der Waals surface area contributed by atoms with Crippen LogP contribution in [0.15, 0.2) is 30.3 Å². The predicted octanol–water partition coefficient (Wildman–Crippen LogP) is 3.22. The van der Waals surface area contributed by atoms with Crippen LogP contribution in [-0.4, -0.2) is 77.0 Å². The number of hydrogen-bond acceptors (Lipinski definition) is 4. The van der Waals surface area contributed by atoms with Gasteiger partial charge in [-0.2, -0.15) is 0 Å². The highest BCUT2D eigenvalue weighted by Gasteiger charge is 2.53. The number of benzene rings is 1. The second kappa shape index (κ2) is 9.75. The maximum atomic E-state index is 14.1. The zero-order chi connectivity index (χ0) is 22.8. The fourth-order valence-electron chi connectivity index (χ4n) is 6.38. The first-order valence-electron chi connectivity index (χ1n) is 13.1. The van der Waals surface area contributed by atoms with Gasteiger partial charge in [-0.1, -0.05) is 43.2 Å². The highest BCUT2D eigenvalue weighted by atomic mass is 16.3. The Hall–Kier alpha value is -1.92. The number of carbonyl (C=O) groups is 2. The van der Waals surface area contributed by atoms with Gasteiger partial charge in [-0.25, -0.2) is 0 Å². The van der Waals surface area contributed by atoms with E-state index in [9.17, 15) is 14.7 Å². The molecule has 4 aliphatic rings. The highest BCUT2D eigenvalue weighted by Crippen LogP contribution is 2.47. The molecule has 5 rings (SSSR count). The Balaban J connectivity index is 1.33. The van der Waals surface area contributed by atoms with Gasteiger partial charge in [0.25, 0.3) is 0 Å². The molecular formula is C27H39N3O3. The van der Waals surface area contributed by atoms with E-state index in [1.807, 2.05) is 40.1 Å². The van der Waals surface area contributed by atoms with Crippen LogP contribution in [0.4, 0.5) is 0 Å².